The number of nitrogens with zero attached hydrogens (tertiary/aromatic N) is 2. The van der Waals surface area contributed by atoms with Crippen LogP contribution in [0.25, 0.3) is 0 Å². The molecular weight excluding hydrogens is 212 g/mol. The van der Waals surface area contributed by atoms with Crippen LogP contribution in [0, 0.1) is 12.3 Å². The number of carbonyl (C=O) groups excluding carboxylic acids is 1. The van der Waals surface area contributed by atoms with E-state index in [2.05, 4.69) is 32.7 Å². The number of pyridine rings is 1. The van der Waals surface area contributed by atoms with Crippen LogP contribution in [0.4, 0.5) is 0 Å². The molecule has 0 bridgehead atoms. The molecule has 0 N–H and O–H groups in total. The summed E-state index contributed by atoms with van der Waals surface area (Å²) in [6.07, 6.45) is 1.64. The first-order valence-electron chi connectivity index (χ1n) is 5.93. The molecule has 0 saturated heterocycles. The molecule has 0 aliphatic heterocycles. The molecular formula is C14H22N2O. The van der Waals surface area contributed by atoms with E-state index >= 15 is 0 Å². The van der Waals surface area contributed by atoms with E-state index in [9.17, 15) is 4.79 Å². The highest BCUT2D eigenvalue weighted by Gasteiger charge is 2.27. The quantitative estimate of drug-likeness (QED) is 0.788. The normalized spacial score (nSPS) is 13.3. The molecule has 1 aromatic rings. The molecule has 0 aromatic carbocycles. The Labute approximate surface area is 104 Å². The van der Waals surface area contributed by atoms with Crippen LogP contribution in [-0.2, 0) is 0 Å². The van der Waals surface area contributed by atoms with Gasteiger partial charge in [-0.1, -0.05) is 20.8 Å². The van der Waals surface area contributed by atoms with Crippen LogP contribution in [0.1, 0.15) is 43.7 Å². The highest BCUT2D eigenvalue weighted by molar-refractivity contribution is 5.93. The molecule has 1 amide bonds. The third-order valence-electron chi connectivity index (χ3n) is 3.31. The molecule has 0 aliphatic carbocycles. The molecule has 1 aromatic heterocycles. The molecule has 1 atom stereocenters. The molecule has 0 saturated carbocycles. The van der Waals surface area contributed by atoms with Gasteiger partial charge in [0.15, 0.2) is 0 Å². The minimum absolute atomic E-state index is 0.0277. The Balaban J connectivity index is 2.87. The van der Waals surface area contributed by atoms with E-state index in [1.807, 2.05) is 26.1 Å². The van der Waals surface area contributed by atoms with Crippen molar-refractivity contribution < 1.29 is 4.79 Å². The van der Waals surface area contributed by atoms with Crippen LogP contribution < -0.4 is 0 Å². The zero-order valence-corrected chi connectivity index (χ0v) is 11.6. The lowest BCUT2D eigenvalue weighted by Crippen LogP contribution is -2.43. The van der Waals surface area contributed by atoms with Gasteiger partial charge in [-0.25, -0.2) is 0 Å². The summed E-state index contributed by atoms with van der Waals surface area (Å²) in [6.45, 7) is 10.4. The number of aryl methyl sites for hydroxylation is 1. The topological polar surface area (TPSA) is 33.2 Å². The summed E-state index contributed by atoms with van der Waals surface area (Å²) < 4.78 is 0. The van der Waals surface area contributed by atoms with E-state index in [1.54, 1.807) is 11.1 Å². The van der Waals surface area contributed by atoms with Gasteiger partial charge in [0, 0.05) is 25.0 Å². The molecule has 1 unspecified atom stereocenters. The summed E-state index contributed by atoms with van der Waals surface area (Å²) in [5, 5.41) is 0. The lowest BCUT2D eigenvalue weighted by Gasteiger charge is -2.35. The Morgan fingerprint density at radius 3 is 2.35 bits per heavy atom. The second-order valence-electron chi connectivity index (χ2n) is 5.65. The SMILES string of the molecule is Cc1ccc(C(=O)N(C)C(C)C(C)(C)C)cn1. The molecule has 0 fully saturated rings. The Hall–Kier alpha value is -1.38. The fourth-order valence-electron chi connectivity index (χ4n) is 1.55. The van der Waals surface area contributed by atoms with Crippen LogP contribution in [0.3, 0.4) is 0 Å². The van der Waals surface area contributed by atoms with Gasteiger partial charge in [0.25, 0.3) is 5.91 Å². The van der Waals surface area contributed by atoms with Gasteiger partial charge in [-0.3, -0.25) is 9.78 Å². The standard InChI is InChI=1S/C14H22N2O/c1-10-7-8-12(9-15-10)13(17)16(6)11(2)14(3,4)5/h7-9,11H,1-6H3. The number of rotatable bonds is 2. The van der Waals surface area contributed by atoms with Crippen LogP contribution in [0.2, 0.25) is 0 Å². The predicted octanol–water partition coefficient (Wildman–Crippen LogP) is 2.90. The van der Waals surface area contributed by atoms with Crippen LogP contribution >= 0.6 is 0 Å². The van der Waals surface area contributed by atoms with E-state index in [0.717, 1.165) is 5.69 Å². The second kappa shape index (κ2) is 4.86. The van der Waals surface area contributed by atoms with Gasteiger partial charge < -0.3 is 4.90 Å². The average Bonchev–Trinajstić information content (AvgIpc) is 2.26. The molecule has 94 valence electrons. The first-order valence-corrected chi connectivity index (χ1v) is 5.93. The summed E-state index contributed by atoms with van der Waals surface area (Å²) in [5.41, 5.74) is 1.64. The smallest absolute Gasteiger partial charge is 0.255 e. The van der Waals surface area contributed by atoms with Crippen molar-refractivity contribution in [3.8, 4) is 0 Å². The largest absolute Gasteiger partial charge is 0.338 e. The number of carbonyl (C=O) groups is 1. The monoisotopic (exact) mass is 234 g/mol. The van der Waals surface area contributed by atoms with E-state index < -0.39 is 0 Å². The molecule has 0 spiro atoms. The van der Waals surface area contributed by atoms with E-state index in [0.29, 0.717) is 5.56 Å². The number of aromatic nitrogens is 1. The molecule has 0 aliphatic rings. The Kier molecular flexibility index (Phi) is 3.91. The van der Waals surface area contributed by atoms with Crippen molar-refractivity contribution >= 4 is 5.91 Å². The maximum Gasteiger partial charge on any atom is 0.255 e. The lowest BCUT2D eigenvalue weighted by molar-refractivity contribution is 0.0629. The van der Waals surface area contributed by atoms with Crippen molar-refractivity contribution in [2.45, 2.75) is 40.7 Å². The van der Waals surface area contributed by atoms with E-state index in [1.165, 1.54) is 0 Å². The van der Waals surface area contributed by atoms with Crippen molar-refractivity contribution in [1.29, 1.82) is 0 Å². The van der Waals surface area contributed by atoms with Gasteiger partial charge in [0.05, 0.1) is 5.56 Å². The summed E-state index contributed by atoms with van der Waals surface area (Å²) in [5.74, 6) is 0.0277. The summed E-state index contributed by atoms with van der Waals surface area (Å²) in [4.78, 5) is 18.2. The van der Waals surface area contributed by atoms with Crippen molar-refractivity contribution in [2.75, 3.05) is 7.05 Å². The summed E-state index contributed by atoms with van der Waals surface area (Å²) in [6, 6.07) is 3.87. The summed E-state index contributed by atoms with van der Waals surface area (Å²) >= 11 is 0. The summed E-state index contributed by atoms with van der Waals surface area (Å²) in [7, 11) is 1.85. The zero-order valence-electron chi connectivity index (χ0n) is 11.6. The third kappa shape index (κ3) is 3.29. The molecule has 0 radical (unpaired) electrons. The van der Waals surface area contributed by atoms with Crippen molar-refractivity contribution in [3.63, 3.8) is 0 Å². The second-order valence-corrected chi connectivity index (χ2v) is 5.65. The molecule has 3 nitrogen and oxygen atoms in total. The van der Waals surface area contributed by atoms with Gasteiger partial charge in [-0.05, 0) is 31.4 Å². The maximum absolute atomic E-state index is 12.2. The fraction of sp³-hybridized carbons (Fsp3) is 0.571. The third-order valence-corrected chi connectivity index (χ3v) is 3.31. The van der Waals surface area contributed by atoms with Crippen molar-refractivity contribution in [2.24, 2.45) is 5.41 Å². The Morgan fingerprint density at radius 2 is 1.94 bits per heavy atom. The predicted molar refractivity (Wildman–Crippen MR) is 70.0 cm³/mol. The fourth-order valence-corrected chi connectivity index (χ4v) is 1.55. The minimum Gasteiger partial charge on any atom is -0.338 e. The first kappa shape index (κ1) is 13.7. The number of amides is 1. The molecule has 1 heterocycles. The Morgan fingerprint density at radius 1 is 1.35 bits per heavy atom. The zero-order chi connectivity index (χ0) is 13.2. The van der Waals surface area contributed by atoms with Crippen LogP contribution in [0.15, 0.2) is 18.3 Å². The highest BCUT2D eigenvalue weighted by Crippen LogP contribution is 2.24. The van der Waals surface area contributed by atoms with Gasteiger partial charge in [-0.15, -0.1) is 0 Å². The van der Waals surface area contributed by atoms with Gasteiger partial charge >= 0.3 is 0 Å². The van der Waals surface area contributed by atoms with Gasteiger partial charge in [0.2, 0.25) is 0 Å². The van der Waals surface area contributed by atoms with Crippen LogP contribution in [-0.4, -0.2) is 28.9 Å². The lowest BCUT2D eigenvalue weighted by atomic mass is 9.87. The van der Waals surface area contributed by atoms with Gasteiger partial charge in [-0.2, -0.15) is 0 Å². The van der Waals surface area contributed by atoms with Crippen molar-refractivity contribution in [1.82, 2.24) is 9.88 Å². The highest BCUT2D eigenvalue weighted by atomic mass is 16.2. The number of hydrogen-bond donors (Lipinski definition) is 0. The maximum atomic E-state index is 12.2. The molecule has 1 rings (SSSR count). The molecule has 17 heavy (non-hydrogen) atoms. The first-order chi connectivity index (χ1) is 7.73. The van der Waals surface area contributed by atoms with E-state index in [4.69, 9.17) is 0 Å². The van der Waals surface area contributed by atoms with E-state index in [-0.39, 0.29) is 17.4 Å². The average molecular weight is 234 g/mol. The van der Waals surface area contributed by atoms with Crippen LogP contribution in [0.5, 0.6) is 0 Å². The number of hydrogen-bond acceptors (Lipinski definition) is 2. The Bertz CT molecular complexity index is 390. The van der Waals surface area contributed by atoms with Crippen molar-refractivity contribution in [3.05, 3.63) is 29.6 Å². The van der Waals surface area contributed by atoms with Gasteiger partial charge in [0.1, 0.15) is 0 Å². The molecule has 3 heteroatoms. The minimum atomic E-state index is 0.0277.